The van der Waals surface area contributed by atoms with Gasteiger partial charge in [-0.25, -0.2) is 4.99 Å². The monoisotopic (exact) mass is 319 g/mol. The lowest BCUT2D eigenvalue weighted by molar-refractivity contribution is 0.0996. The zero-order chi connectivity index (χ0) is 17.1. The molecule has 6 heteroatoms. The van der Waals surface area contributed by atoms with Gasteiger partial charge in [0.2, 0.25) is 5.55 Å². The van der Waals surface area contributed by atoms with Gasteiger partial charge in [-0.15, -0.1) is 0 Å². The van der Waals surface area contributed by atoms with Crippen molar-refractivity contribution in [1.29, 1.82) is 5.26 Å². The first-order valence-electron chi connectivity index (χ1n) is 7.07. The number of fused-ring (bicyclic) bond motifs is 1. The van der Waals surface area contributed by atoms with Crippen molar-refractivity contribution in [3.8, 4) is 11.8 Å². The van der Waals surface area contributed by atoms with Gasteiger partial charge in [-0.2, -0.15) is 5.26 Å². The minimum atomic E-state index is -0.654. The van der Waals surface area contributed by atoms with Crippen LogP contribution in [0.15, 0.2) is 57.9 Å². The molecule has 3 rings (SSSR count). The van der Waals surface area contributed by atoms with Gasteiger partial charge in [-0.1, -0.05) is 6.07 Å². The van der Waals surface area contributed by atoms with Gasteiger partial charge in [0, 0.05) is 5.39 Å². The Morgan fingerprint density at radius 3 is 2.79 bits per heavy atom. The number of amides is 1. The molecule has 0 aliphatic heterocycles. The maximum absolute atomic E-state index is 11.8. The maximum Gasteiger partial charge on any atom is 0.254 e. The molecule has 1 aromatic heterocycles. The highest BCUT2D eigenvalue weighted by Gasteiger charge is 2.10. The van der Waals surface area contributed by atoms with Crippen LogP contribution in [0.3, 0.4) is 0 Å². The normalized spacial score (nSPS) is 11.2. The summed E-state index contributed by atoms with van der Waals surface area (Å²) in [5.41, 5.74) is 7.18. The summed E-state index contributed by atoms with van der Waals surface area (Å²) in [5, 5.41) is 9.63. The number of nitriles is 1. The highest BCUT2D eigenvalue weighted by molar-refractivity contribution is 5.95. The van der Waals surface area contributed by atoms with E-state index in [9.17, 15) is 4.79 Å². The average Bonchev–Trinajstić information content (AvgIpc) is 2.60. The summed E-state index contributed by atoms with van der Waals surface area (Å²) < 4.78 is 10.9. The van der Waals surface area contributed by atoms with E-state index in [1.165, 1.54) is 0 Å². The molecular weight excluding hydrogens is 306 g/mol. The molecule has 0 aliphatic carbocycles. The van der Waals surface area contributed by atoms with Crippen molar-refractivity contribution in [3.63, 3.8) is 0 Å². The molecule has 3 aromatic rings. The van der Waals surface area contributed by atoms with Crippen molar-refractivity contribution in [2.24, 2.45) is 10.7 Å². The topological polar surface area (TPSA) is 102 Å². The molecule has 0 spiro atoms. The number of rotatable bonds is 3. The van der Waals surface area contributed by atoms with Crippen molar-refractivity contribution < 1.29 is 13.9 Å². The van der Waals surface area contributed by atoms with E-state index in [2.05, 4.69) is 4.99 Å². The Balaban J connectivity index is 2.25. The van der Waals surface area contributed by atoms with Gasteiger partial charge >= 0.3 is 0 Å². The van der Waals surface area contributed by atoms with Crippen LogP contribution >= 0.6 is 0 Å². The van der Waals surface area contributed by atoms with Gasteiger partial charge in [-0.3, -0.25) is 4.79 Å². The van der Waals surface area contributed by atoms with Gasteiger partial charge < -0.3 is 14.9 Å². The van der Waals surface area contributed by atoms with Crippen molar-refractivity contribution in [2.45, 2.75) is 0 Å². The molecule has 1 amide bonds. The third-order valence-electron chi connectivity index (χ3n) is 3.43. The van der Waals surface area contributed by atoms with E-state index in [0.29, 0.717) is 28.0 Å². The van der Waals surface area contributed by atoms with Crippen LogP contribution in [0.1, 0.15) is 15.9 Å². The average molecular weight is 319 g/mol. The number of carbonyl (C=O) groups excluding carboxylic acids is 1. The second-order valence-electron chi connectivity index (χ2n) is 5.01. The largest absolute Gasteiger partial charge is 0.497 e. The van der Waals surface area contributed by atoms with E-state index in [1.54, 1.807) is 55.6 Å². The van der Waals surface area contributed by atoms with E-state index >= 15 is 0 Å². The van der Waals surface area contributed by atoms with Crippen LogP contribution in [0.25, 0.3) is 11.0 Å². The molecule has 0 saturated heterocycles. The Hall–Kier alpha value is -3.59. The summed E-state index contributed by atoms with van der Waals surface area (Å²) in [6, 6.07) is 15.5. The van der Waals surface area contributed by atoms with Crippen LogP contribution in [0.5, 0.6) is 5.75 Å². The highest BCUT2D eigenvalue weighted by atomic mass is 16.5. The van der Waals surface area contributed by atoms with Crippen LogP contribution in [0.4, 0.5) is 5.69 Å². The number of nitrogens with two attached hydrogens (primary N) is 1. The Morgan fingerprint density at radius 2 is 2.08 bits per heavy atom. The molecule has 24 heavy (non-hydrogen) atoms. The minimum Gasteiger partial charge on any atom is -0.497 e. The van der Waals surface area contributed by atoms with Crippen molar-refractivity contribution >= 4 is 22.6 Å². The van der Waals surface area contributed by atoms with Crippen LogP contribution < -0.4 is 16.0 Å². The molecule has 118 valence electrons. The molecule has 0 unspecified atom stereocenters. The van der Waals surface area contributed by atoms with Gasteiger partial charge in [0.25, 0.3) is 5.91 Å². The predicted molar refractivity (Wildman–Crippen MR) is 87.7 cm³/mol. The number of carbonyl (C=O) groups is 1. The van der Waals surface area contributed by atoms with Gasteiger partial charge in [0.15, 0.2) is 0 Å². The summed E-state index contributed by atoms with van der Waals surface area (Å²) in [5.74, 6) is -0.0156. The van der Waals surface area contributed by atoms with Crippen molar-refractivity contribution in [3.05, 3.63) is 65.2 Å². The summed E-state index contributed by atoms with van der Waals surface area (Å²) >= 11 is 0. The molecule has 6 nitrogen and oxygen atoms in total. The molecule has 0 fully saturated rings. The summed E-state index contributed by atoms with van der Waals surface area (Å²) in [7, 11) is 1.55. The van der Waals surface area contributed by atoms with Crippen molar-refractivity contribution in [1.82, 2.24) is 0 Å². The Morgan fingerprint density at radius 1 is 1.25 bits per heavy atom. The number of benzene rings is 2. The molecule has 0 saturated carbocycles. The van der Waals surface area contributed by atoms with Gasteiger partial charge in [-0.05, 0) is 42.5 Å². The van der Waals surface area contributed by atoms with Crippen LogP contribution in [0, 0.1) is 11.3 Å². The third-order valence-corrected chi connectivity index (χ3v) is 3.43. The molecule has 1 heterocycles. The quantitative estimate of drug-likeness (QED) is 0.801. The Kier molecular flexibility index (Phi) is 4.00. The number of methoxy groups -OCH3 is 1. The molecule has 0 radical (unpaired) electrons. The first kappa shape index (κ1) is 15.3. The number of hydrogen-bond donors (Lipinski definition) is 1. The lowest BCUT2D eigenvalue weighted by atomic mass is 10.1. The van der Waals surface area contributed by atoms with Gasteiger partial charge in [0.1, 0.15) is 16.9 Å². The minimum absolute atomic E-state index is 0.0928. The zero-order valence-electron chi connectivity index (χ0n) is 12.8. The molecular formula is C18H13N3O3. The first-order chi connectivity index (χ1) is 11.6. The number of ether oxygens (including phenoxy) is 1. The highest BCUT2D eigenvalue weighted by Crippen LogP contribution is 2.21. The SMILES string of the molecule is COc1ccc2oc(=Nc3cccc(C#N)c3)c(C(N)=O)cc2c1. The zero-order valence-corrected chi connectivity index (χ0v) is 12.8. The van der Waals surface area contributed by atoms with Crippen molar-refractivity contribution in [2.75, 3.05) is 7.11 Å². The predicted octanol–water partition coefficient (Wildman–Crippen LogP) is 2.64. The molecule has 0 aliphatic rings. The fourth-order valence-electron chi connectivity index (χ4n) is 2.26. The van der Waals surface area contributed by atoms with Crippen LogP contribution in [-0.2, 0) is 0 Å². The number of hydrogen-bond acceptors (Lipinski definition) is 5. The summed E-state index contributed by atoms with van der Waals surface area (Å²) in [6.45, 7) is 0. The fraction of sp³-hybridized carbons (Fsp3) is 0.0556. The molecule has 0 atom stereocenters. The van der Waals surface area contributed by atoms with E-state index < -0.39 is 5.91 Å². The van der Waals surface area contributed by atoms with E-state index in [-0.39, 0.29) is 11.1 Å². The summed E-state index contributed by atoms with van der Waals surface area (Å²) in [4.78, 5) is 16.1. The maximum atomic E-state index is 11.8. The van der Waals surface area contributed by atoms with E-state index in [1.807, 2.05) is 6.07 Å². The second kappa shape index (κ2) is 6.26. The molecule has 2 aromatic carbocycles. The Bertz CT molecular complexity index is 1050. The van der Waals surface area contributed by atoms with Gasteiger partial charge in [0.05, 0.1) is 24.4 Å². The van der Waals surface area contributed by atoms with E-state index in [4.69, 9.17) is 20.1 Å². The first-order valence-corrected chi connectivity index (χ1v) is 7.07. The standard InChI is InChI=1S/C18H13N3O3/c1-23-14-5-6-16-12(8-14)9-15(17(20)22)18(24-16)21-13-4-2-3-11(7-13)10-19/h2-9H,1H3,(H2,20,22). The summed E-state index contributed by atoms with van der Waals surface area (Å²) in [6.07, 6.45) is 0. The van der Waals surface area contributed by atoms with Crippen LogP contribution in [0.2, 0.25) is 0 Å². The molecule has 0 bridgehead atoms. The molecule has 2 N–H and O–H groups in total. The van der Waals surface area contributed by atoms with Crippen LogP contribution in [-0.4, -0.2) is 13.0 Å². The Labute approximate surface area is 137 Å². The smallest absolute Gasteiger partial charge is 0.254 e. The second-order valence-corrected chi connectivity index (χ2v) is 5.01. The number of nitrogens with zero attached hydrogens (tertiary/aromatic N) is 2. The fourth-order valence-corrected chi connectivity index (χ4v) is 2.26. The number of primary amides is 1. The van der Waals surface area contributed by atoms with E-state index in [0.717, 1.165) is 0 Å². The lowest BCUT2D eigenvalue weighted by Gasteiger charge is -2.04. The lowest BCUT2D eigenvalue weighted by Crippen LogP contribution is -2.21. The third kappa shape index (κ3) is 2.96.